The van der Waals surface area contributed by atoms with Crippen LogP contribution < -0.4 is 5.32 Å². The summed E-state index contributed by atoms with van der Waals surface area (Å²) in [4.78, 5) is 21.4. The number of hydrogen-bond donors (Lipinski definition) is 1. The van der Waals surface area contributed by atoms with E-state index in [1.807, 2.05) is 0 Å². The minimum absolute atomic E-state index is 0.239. The van der Waals surface area contributed by atoms with Crippen molar-refractivity contribution in [1.82, 2.24) is 20.4 Å². The second-order valence-electron chi connectivity index (χ2n) is 7.14. The lowest BCUT2D eigenvalue weighted by atomic mass is 9.95. The predicted octanol–water partition coefficient (Wildman–Crippen LogP) is 2.82. The van der Waals surface area contributed by atoms with Gasteiger partial charge < -0.3 is 9.84 Å². The smallest absolute Gasteiger partial charge is 0.289 e. The van der Waals surface area contributed by atoms with Crippen LogP contribution in [0.3, 0.4) is 0 Å². The van der Waals surface area contributed by atoms with Crippen LogP contribution in [0.4, 0.5) is 0 Å². The van der Waals surface area contributed by atoms with E-state index in [4.69, 9.17) is 4.52 Å². The zero-order chi connectivity index (χ0) is 17.8. The molecule has 0 atom stereocenters. The van der Waals surface area contributed by atoms with Gasteiger partial charge in [-0.2, -0.15) is 0 Å². The molecule has 1 aliphatic rings. The Bertz CT molecular complexity index is 752. The summed E-state index contributed by atoms with van der Waals surface area (Å²) < 4.78 is 5.13. The number of aromatic nitrogens is 3. The van der Waals surface area contributed by atoms with Crippen molar-refractivity contribution in [3.8, 4) is 0 Å². The molecule has 1 N–H and O–H groups in total. The zero-order valence-corrected chi connectivity index (χ0v) is 15.3. The number of hydrogen-bond acceptors (Lipinski definition) is 5. The molecule has 134 valence electrons. The Labute approximate surface area is 148 Å². The second-order valence-corrected chi connectivity index (χ2v) is 7.14. The summed E-state index contributed by atoms with van der Waals surface area (Å²) in [5, 5.41) is 6.80. The molecule has 1 aliphatic carbocycles. The van der Waals surface area contributed by atoms with Crippen LogP contribution >= 0.6 is 0 Å². The van der Waals surface area contributed by atoms with Gasteiger partial charge in [0.25, 0.3) is 5.91 Å². The van der Waals surface area contributed by atoms with Crippen LogP contribution in [0.5, 0.6) is 0 Å². The molecule has 2 aromatic rings. The van der Waals surface area contributed by atoms with Crippen LogP contribution in [0.2, 0.25) is 0 Å². The lowest BCUT2D eigenvalue weighted by Gasteiger charge is -2.17. The monoisotopic (exact) mass is 342 g/mol. The lowest BCUT2D eigenvalue weighted by Crippen LogP contribution is -2.26. The van der Waals surface area contributed by atoms with Gasteiger partial charge in [0.05, 0.1) is 5.69 Å². The standard InChI is InChI=1S/C19H26N4O2/c1-12(2)10-14-11-17(25-23-14)19(24)20-9-8-18-21-13(3)15-6-4-5-7-16(15)22-18/h11-12H,4-10H2,1-3H3,(H,20,24). The molecule has 0 fully saturated rings. The molecule has 0 aliphatic heterocycles. The molecule has 0 spiro atoms. The number of nitrogens with one attached hydrogen (secondary N) is 1. The van der Waals surface area contributed by atoms with Crippen molar-refractivity contribution in [3.63, 3.8) is 0 Å². The van der Waals surface area contributed by atoms with Gasteiger partial charge >= 0.3 is 0 Å². The van der Waals surface area contributed by atoms with E-state index in [9.17, 15) is 4.79 Å². The maximum Gasteiger partial charge on any atom is 0.289 e. The summed E-state index contributed by atoms with van der Waals surface area (Å²) in [5.74, 6) is 1.30. The maximum atomic E-state index is 12.1. The average Bonchev–Trinajstić information content (AvgIpc) is 3.02. The van der Waals surface area contributed by atoms with Crippen molar-refractivity contribution in [3.05, 3.63) is 40.3 Å². The minimum Gasteiger partial charge on any atom is -0.351 e. The number of fused-ring (bicyclic) bond motifs is 1. The first-order valence-electron chi connectivity index (χ1n) is 9.12. The second kappa shape index (κ2) is 7.76. The van der Waals surface area contributed by atoms with E-state index < -0.39 is 0 Å². The lowest BCUT2D eigenvalue weighted by molar-refractivity contribution is 0.0917. The summed E-state index contributed by atoms with van der Waals surface area (Å²) in [7, 11) is 0. The van der Waals surface area contributed by atoms with Gasteiger partial charge in [0.2, 0.25) is 5.76 Å². The highest BCUT2D eigenvalue weighted by atomic mass is 16.5. The van der Waals surface area contributed by atoms with Crippen molar-refractivity contribution >= 4 is 5.91 Å². The Morgan fingerprint density at radius 3 is 2.88 bits per heavy atom. The molecular formula is C19H26N4O2. The van der Waals surface area contributed by atoms with Crippen molar-refractivity contribution in [2.75, 3.05) is 6.54 Å². The molecular weight excluding hydrogens is 316 g/mol. The Balaban J connectivity index is 1.55. The van der Waals surface area contributed by atoms with E-state index >= 15 is 0 Å². The van der Waals surface area contributed by atoms with Gasteiger partial charge in [-0.15, -0.1) is 0 Å². The summed E-state index contributed by atoms with van der Waals surface area (Å²) in [6.45, 7) is 6.75. The molecule has 2 aromatic heterocycles. The number of amides is 1. The third-order valence-corrected chi connectivity index (χ3v) is 4.47. The van der Waals surface area contributed by atoms with Gasteiger partial charge in [-0.05, 0) is 50.5 Å². The van der Waals surface area contributed by atoms with Gasteiger partial charge in [0, 0.05) is 30.4 Å². The first-order valence-corrected chi connectivity index (χ1v) is 9.12. The number of carbonyl (C=O) groups excluding carboxylic acids is 1. The highest BCUT2D eigenvalue weighted by Gasteiger charge is 2.16. The maximum absolute atomic E-state index is 12.1. The number of aryl methyl sites for hydroxylation is 2. The molecule has 25 heavy (non-hydrogen) atoms. The molecule has 3 rings (SSSR count). The van der Waals surface area contributed by atoms with Crippen LogP contribution in [-0.4, -0.2) is 27.6 Å². The first-order chi connectivity index (χ1) is 12.0. The summed E-state index contributed by atoms with van der Waals surface area (Å²) in [6, 6.07) is 1.72. The van der Waals surface area contributed by atoms with Gasteiger partial charge in [0.15, 0.2) is 0 Å². The third-order valence-electron chi connectivity index (χ3n) is 4.47. The summed E-state index contributed by atoms with van der Waals surface area (Å²) in [5.41, 5.74) is 4.40. The van der Waals surface area contributed by atoms with Crippen molar-refractivity contribution in [1.29, 1.82) is 0 Å². The molecule has 0 radical (unpaired) electrons. The van der Waals surface area contributed by atoms with Crippen molar-refractivity contribution in [2.24, 2.45) is 5.92 Å². The van der Waals surface area contributed by atoms with Crippen LogP contribution in [-0.2, 0) is 25.7 Å². The van der Waals surface area contributed by atoms with Gasteiger partial charge in [-0.25, -0.2) is 9.97 Å². The molecule has 0 bridgehead atoms. The fraction of sp³-hybridized carbons (Fsp3) is 0.579. The molecule has 0 saturated carbocycles. The number of rotatable bonds is 6. The highest BCUT2D eigenvalue weighted by Crippen LogP contribution is 2.21. The SMILES string of the molecule is Cc1nc(CCNC(=O)c2cc(CC(C)C)no2)nc2c1CCCC2. The molecule has 6 heteroatoms. The van der Waals surface area contributed by atoms with E-state index in [2.05, 4.69) is 41.2 Å². The molecule has 0 unspecified atom stereocenters. The van der Waals surface area contributed by atoms with E-state index in [0.717, 1.165) is 36.5 Å². The van der Waals surface area contributed by atoms with E-state index in [1.54, 1.807) is 6.07 Å². The molecule has 0 aromatic carbocycles. The van der Waals surface area contributed by atoms with Crippen LogP contribution in [0.15, 0.2) is 10.6 Å². The van der Waals surface area contributed by atoms with Crippen LogP contribution in [0.1, 0.15) is 65.7 Å². The van der Waals surface area contributed by atoms with Crippen molar-refractivity contribution < 1.29 is 9.32 Å². The zero-order valence-electron chi connectivity index (χ0n) is 15.3. The number of nitrogens with zero attached hydrogens (tertiary/aromatic N) is 3. The minimum atomic E-state index is -0.239. The highest BCUT2D eigenvalue weighted by molar-refractivity contribution is 5.91. The van der Waals surface area contributed by atoms with E-state index in [1.165, 1.54) is 24.1 Å². The Kier molecular flexibility index (Phi) is 5.46. The molecule has 6 nitrogen and oxygen atoms in total. The Morgan fingerprint density at radius 2 is 2.08 bits per heavy atom. The van der Waals surface area contributed by atoms with E-state index in [0.29, 0.717) is 18.9 Å². The number of carbonyl (C=O) groups is 1. The molecule has 1 amide bonds. The molecule has 0 saturated heterocycles. The van der Waals surface area contributed by atoms with Gasteiger partial charge in [-0.1, -0.05) is 19.0 Å². The fourth-order valence-electron chi connectivity index (χ4n) is 3.26. The average molecular weight is 342 g/mol. The predicted molar refractivity (Wildman–Crippen MR) is 94.5 cm³/mol. The van der Waals surface area contributed by atoms with Gasteiger partial charge in [-0.3, -0.25) is 4.79 Å². The third kappa shape index (κ3) is 4.44. The first kappa shape index (κ1) is 17.6. The van der Waals surface area contributed by atoms with Gasteiger partial charge in [0.1, 0.15) is 5.82 Å². The topological polar surface area (TPSA) is 80.9 Å². The summed E-state index contributed by atoms with van der Waals surface area (Å²) >= 11 is 0. The fourth-order valence-corrected chi connectivity index (χ4v) is 3.26. The van der Waals surface area contributed by atoms with Crippen LogP contribution in [0, 0.1) is 12.8 Å². The largest absolute Gasteiger partial charge is 0.351 e. The van der Waals surface area contributed by atoms with Crippen LogP contribution in [0.25, 0.3) is 0 Å². The Hall–Kier alpha value is -2.24. The Morgan fingerprint density at radius 1 is 1.28 bits per heavy atom. The quantitative estimate of drug-likeness (QED) is 0.873. The van der Waals surface area contributed by atoms with Crippen molar-refractivity contribution in [2.45, 2.75) is 59.3 Å². The normalized spacial score (nSPS) is 13.8. The van der Waals surface area contributed by atoms with E-state index in [-0.39, 0.29) is 11.7 Å². The molecule has 2 heterocycles. The summed E-state index contributed by atoms with van der Waals surface area (Å²) in [6.07, 6.45) is 5.97.